The number of sulfonamides is 1. The van der Waals surface area contributed by atoms with Crippen molar-refractivity contribution in [1.29, 1.82) is 0 Å². The van der Waals surface area contributed by atoms with Gasteiger partial charge in [-0.2, -0.15) is 0 Å². The zero-order valence-electron chi connectivity index (χ0n) is 17.4. The van der Waals surface area contributed by atoms with Crippen LogP contribution < -0.4 is 0 Å². The molecule has 0 N–H and O–H groups in total. The summed E-state index contributed by atoms with van der Waals surface area (Å²) in [6, 6.07) is 9.66. The summed E-state index contributed by atoms with van der Waals surface area (Å²) in [5.41, 5.74) is 1.67. The second-order valence-corrected chi connectivity index (χ2v) is 10.4. The summed E-state index contributed by atoms with van der Waals surface area (Å²) >= 11 is 0. The van der Waals surface area contributed by atoms with Crippen LogP contribution in [0.5, 0.6) is 0 Å². The fraction of sp³-hybridized carbons (Fsp3) is 0.524. The lowest BCUT2D eigenvalue weighted by Crippen LogP contribution is -2.56. The molecule has 0 aliphatic carbocycles. The maximum Gasteiger partial charge on any atom is 0.246 e. The van der Waals surface area contributed by atoms with Gasteiger partial charge < -0.3 is 4.90 Å². The third kappa shape index (κ3) is 3.88. The highest BCUT2D eigenvalue weighted by Crippen LogP contribution is 2.42. The number of carbonyl (C=O) groups is 2. The molecule has 7 nitrogen and oxygen atoms in total. The van der Waals surface area contributed by atoms with Crippen LogP contribution in [0.3, 0.4) is 0 Å². The molecule has 2 saturated heterocycles. The number of nitrogens with zero attached hydrogens (tertiary/aromatic N) is 3. The molecule has 9 heteroatoms. The highest BCUT2D eigenvalue weighted by atomic mass is 35.5. The zero-order valence-corrected chi connectivity index (χ0v) is 19.0. The molecule has 2 fully saturated rings. The van der Waals surface area contributed by atoms with Crippen molar-refractivity contribution in [3.8, 4) is 0 Å². The third-order valence-electron chi connectivity index (χ3n) is 6.08. The second kappa shape index (κ2) is 8.32. The lowest BCUT2D eigenvalue weighted by atomic mass is 9.88. The second-order valence-electron chi connectivity index (χ2n) is 8.58. The van der Waals surface area contributed by atoms with Gasteiger partial charge in [0, 0.05) is 26.2 Å². The summed E-state index contributed by atoms with van der Waals surface area (Å²) in [6.07, 6.45) is 2.77. The van der Waals surface area contributed by atoms with Gasteiger partial charge in [-0.15, -0.1) is 12.4 Å². The molecular formula is C21H28ClN3O4S. The number of rotatable bonds is 5. The minimum absolute atomic E-state index is 0. The molecule has 2 amide bonds. The molecule has 0 spiro atoms. The van der Waals surface area contributed by atoms with E-state index in [2.05, 4.69) is 17.0 Å². The predicted octanol–water partition coefficient (Wildman–Crippen LogP) is 1.71. The first kappa shape index (κ1) is 22.8. The van der Waals surface area contributed by atoms with Crippen molar-refractivity contribution in [3.63, 3.8) is 0 Å². The van der Waals surface area contributed by atoms with Crippen LogP contribution in [0.15, 0.2) is 42.1 Å². The van der Waals surface area contributed by atoms with Gasteiger partial charge in [0.2, 0.25) is 21.8 Å². The van der Waals surface area contributed by atoms with Crippen LogP contribution in [-0.4, -0.2) is 66.3 Å². The smallest absolute Gasteiger partial charge is 0.246 e. The predicted molar refractivity (Wildman–Crippen MR) is 116 cm³/mol. The minimum Gasteiger partial charge on any atom is -0.329 e. The highest BCUT2D eigenvalue weighted by Gasteiger charge is 2.55. The number of carbonyl (C=O) groups excluding carboxylic acids is 2. The molecule has 1 aromatic carbocycles. The molecule has 0 saturated carbocycles. The fourth-order valence-electron chi connectivity index (χ4n) is 4.73. The Bertz CT molecular complexity index is 958. The maximum atomic E-state index is 13.2. The quantitative estimate of drug-likeness (QED) is 0.678. The molecule has 2 atom stereocenters. The third-order valence-corrected chi connectivity index (χ3v) is 7.14. The average molecular weight is 454 g/mol. The lowest BCUT2D eigenvalue weighted by Gasteiger charge is -2.41. The van der Waals surface area contributed by atoms with Crippen LogP contribution in [0, 0.1) is 17.8 Å². The Morgan fingerprint density at radius 3 is 2.37 bits per heavy atom. The number of fused-ring (bicyclic) bond motifs is 1. The summed E-state index contributed by atoms with van der Waals surface area (Å²) in [5, 5.41) is 0. The summed E-state index contributed by atoms with van der Waals surface area (Å²) in [7, 11) is -3.71. The topological polar surface area (TPSA) is 78.0 Å². The first-order valence-electron chi connectivity index (χ1n) is 9.99. The molecule has 3 aliphatic heterocycles. The fourth-order valence-corrected chi connectivity index (χ4v) is 5.74. The number of amides is 2. The van der Waals surface area contributed by atoms with E-state index in [1.54, 1.807) is 11.0 Å². The van der Waals surface area contributed by atoms with Gasteiger partial charge in [0.25, 0.3) is 0 Å². The molecule has 4 rings (SSSR count). The van der Waals surface area contributed by atoms with E-state index in [0.29, 0.717) is 25.3 Å². The van der Waals surface area contributed by atoms with Crippen molar-refractivity contribution in [2.45, 2.75) is 26.4 Å². The SMILES string of the molecule is CC(C)[C@H]1C(=O)N(S(C)(=O)=O)C2=CCN(C(=O)C3CN(Cc4ccccc4)C3)[C@@H]21.Cl. The molecule has 3 aliphatic rings. The Kier molecular flexibility index (Phi) is 6.32. The van der Waals surface area contributed by atoms with Crippen LogP contribution >= 0.6 is 12.4 Å². The molecule has 0 radical (unpaired) electrons. The van der Waals surface area contributed by atoms with Gasteiger partial charge in [-0.05, 0) is 17.6 Å². The van der Waals surface area contributed by atoms with Crippen LogP contribution in [-0.2, 0) is 26.2 Å². The van der Waals surface area contributed by atoms with Gasteiger partial charge in [-0.25, -0.2) is 12.7 Å². The van der Waals surface area contributed by atoms with Crippen molar-refractivity contribution in [2.24, 2.45) is 17.8 Å². The van der Waals surface area contributed by atoms with Crippen molar-refractivity contribution < 1.29 is 18.0 Å². The van der Waals surface area contributed by atoms with E-state index < -0.39 is 27.9 Å². The van der Waals surface area contributed by atoms with Crippen molar-refractivity contribution >= 4 is 34.2 Å². The van der Waals surface area contributed by atoms with E-state index in [1.165, 1.54) is 5.56 Å². The summed E-state index contributed by atoms with van der Waals surface area (Å²) in [5.74, 6) is -1.11. The van der Waals surface area contributed by atoms with Crippen molar-refractivity contribution in [2.75, 3.05) is 25.9 Å². The van der Waals surface area contributed by atoms with E-state index >= 15 is 0 Å². The molecule has 3 heterocycles. The van der Waals surface area contributed by atoms with Gasteiger partial charge in [0.05, 0.1) is 29.8 Å². The van der Waals surface area contributed by atoms with Crippen molar-refractivity contribution in [1.82, 2.24) is 14.1 Å². The Hall–Kier alpha value is -1.90. The monoisotopic (exact) mass is 453 g/mol. The largest absolute Gasteiger partial charge is 0.329 e. The Morgan fingerprint density at radius 1 is 1.17 bits per heavy atom. The number of hydrogen-bond acceptors (Lipinski definition) is 5. The number of likely N-dealkylation sites (tertiary alicyclic amines) is 1. The Labute approximate surface area is 184 Å². The Morgan fingerprint density at radius 2 is 1.80 bits per heavy atom. The minimum atomic E-state index is -3.71. The highest BCUT2D eigenvalue weighted by molar-refractivity contribution is 7.89. The van der Waals surface area contributed by atoms with E-state index in [4.69, 9.17) is 0 Å². The summed E-state index contributed by atoms with van der Waals surface area (Å²) in [6.45, 7) is 6.34. The molecular weight excluding hydrogens is 426 g/mol. The standard InChI is InChI=1S/C21H27N3O4S.ClH/c1-14(2)18-19-17(24(21(18)26)29(3,27)28)9-10-23(19)20(25)16-12-22(13-16)11-15-7-5-4-6-8-15;/h4-9,14,16,18-19H,10-13H2,1-3H3;1H/t18-,19+;/m1./s1. The molecule has 1 aromatic rings. The number of benzene rings is 1. The first-order chi connectivity index (χ1) is 13.7. The number of hydrogen-bond donors (Lipinski definition) is 0. The van der Waals surface area contributed by atoms with Crippen molar-refractivity contribution in [3.05, 3.63) is 47.7 Å². The van der Waals surface area contributed by atoms with Crippen LogP contribution in [0.1, 0.15) is 19.4 Å². The Balaban J connectivity index is 0.00000256. The molecule has 0 unspecified atom stereocenters. The van der Waals surface area contributed by atoms with Crippen LogP contribution in [0.4, 0.5) is 0 Å². The van der Waals surface area contributed by atoms with Gasteiger partial charge in [-0.1, -0.05) is 44.2 Å². The summed E-state index contributed by atoms with van der Waals surface area (Å²) < 4.78 is 25.3. The van der Waals surface area contributed by atoms with Crippen LogP contribution in [0.25, 0.3) is 0 Å². The molecule has 0 aromatic heterocycles. The van der Waals surface area contributed by atoms with E-state index in [9.17, 15) is 18.0 Å². The first-order valence-corrected chi connectivity index (χ1v) is 11.8. The molecule has 164 valence electrons. The van der Waals surface area contributed by atoms with E-state index in [1.807, 2.05) is 32.0 Å². The summed E-state index contributed by atoms with van der Waals surface area (Å²) in [4.78, 5) is 30.0. The zero-order chi connectivity index (χ0) is 20.9. The van der Waals surface area contributed by atoms with E-state index in [-0.39, 0.29) is 30.2 Å². The van der Waals surface area contributed by atoms with Gasteiger partial charge in [-0.3, -0.25) is 14.5 Å². The normalized spacial score (nSPS) is 24.5. The van der Waals surface area contributed by atoms with Gasteiger partial charge in [0.15, 0.2) is 0 Å². The van der Waals surface area contributed by atoms with Gasteiger partial charge in [0.1, 0.15) is 0 Å². The lowest BCUT2D eigenvalue weighted by molar-refractivity contribution is -0.143. The molecule has 0 bridgehead atoms. The molecule has 30 heavy (non-hydrogen) atoms. The van der Waals surface area contributed by atoms with E-state index in [0.717, 1.165) is 17.1 Å². The maximum absolute atomic E-state index is 13.2. The van der Waals surface area contributed by atoms with Crippen LogP contribution in [0.2, 0.25) is 0 Å². The van der Waals surface area contributed by atoms with Gasteiger partial charge >= 0.3 is 0 Å². The average Bonchev–Trinajstić information content (AvgIpc) is 3.13. The number of halogens is 1.